The third-order valence-corrected chi connectivity index (χ3v) is 4.83. The maximum Gasteiger partial charge on any atom is 0.255 e. The summed E-state index contributed by atoms with van der Waals surface area (Å²) in [5.74, 6) is 0.560. The largest absolute Gasteiger partial charge is 0.383 e. The van der Waals surface area contributed by atoms with Crippen molar-refractivity contribution in [2.45, 2.75) is 52.1 Å². The summed E-state index contributed by atoms with van der Waals surface area (Å²) in [6, 6.07) is 3.42. The zero-order valence-electron chi connectivity index (χ0n) is 14.5. The van der Waals surface area contributed by atoms with Gasteiger partial charge >= 0.3 is 0 Å². The van der Waals surface area contributed by atoms with Gasteiger partial charge in [-0.2, -0.15) is 0 Å². The molecule has 128 valence electrons. The molecule has 5 nitrogen and oxygen atoms in total. The van der Waals surface area contributed by atoms with E-state index in [2.05, 4.69) is 6.92 Å². The van der Waals surface area contributed by atoms with E-state index < -0.39 is 0 Å². The number of carbonyl (C=O) groups is 1. The molecule has 0 aliphatic heterocycles. The molecule has 23 heavy (non-hydrogen) atoms. The van der Waals surface area contributed by atoms with Gasteiger partial charge in [-0.15, -0.1) is 0 Å². The molecule has 5 heteroatoms. The first-order chi connectivity index (χ1) is 11.1. The molecule has 0 radical (unpaired) electrons. The van der Waals surface area contributed by atoms with E-state index in [1.165, 1.54) is 25.3 Å². The lowest BCUT2D eigenvalue weighted by Crippen LogP contribution is -2.45. The van der Waals surface area contributed by atoms with Gasteiger partial charge in [0.25, 0.3) is 11.5 Å². The first-order valence-electron chi connectivity index (χ1n) is 8.58. The van der Waals surface area contributed by atoms with Gasteiger partial charge in [-0.1, -0.05) is 19.8 Å². The lowest BCUT2D eigenvalue weighted by atomic mass is 9.84. The Hall–Kier alpha value is -1.62. The van der Waals surface area contributed by atoms with Crippen LogP contribution in [0.5, 0.6) is 0 Å². The molecule has 1 aromatic heterocycles. The minimum absolute atomic E-state index is 0.0254. The van der Waals surface area contributed by atoms with Gasteiger partial charge in [-0.3, -0.25) is 9.59 Å². The third kappa shape index (κ3) is 4.22. The van der Waals surface area contributed by atoms with Crippen LogP contribution >= 0.6 is 0 Å². The molecule has 0 saturated heterocycles. The molecule has 1 heterocycles. The summed E-state index contributed by atoms with van der Waals surface area (Å²) in [7, 11) is 1.60. The quantitative estimate of drug-likeness (QED) is 0.809. The van der Waals surface area contributed by atoms with E-state index >= 15 is 0 Å². The predicted octanol–water partition coefficient (Wildman–Crippen LogP) is 2.54. The molecular formula is C18H28N2O3. The van der Waals surface area contributed by atoms with Gasteiger partial charge in [0, 0.05) is 38.5 Å². The monoisotopic (exact) mass is 320 g/mol. The van der Waals surface area contributed by atoms with E-state index in [1.54, 1.807) is 23.9 Å². The number of hydrogen-bond acceptors (Lipinski definition) is 3. The van der Waals surface area contributed by atoms with Crippen molar-refractivity contribution < 1.29 is 9.53 Å². The fraction of sp³-hybridized carbons (Fsp3) is 0.667. The van der Waals surface area contributed by atoms with Crippen LogP contribution in [0.4, 0.5) is 0 Å². The number of hydrogen-bond donors (Lipinski definition) is 0. The Bertz CT molecular complexity index is 582. The predicted molar refractivity (Wildman–Crippen MR) is 90.7 cm³/mol. The van der Waals surface area contributed by atoms with Gasteiger partial charge in [0.15, 0.2) is 0 Å². The van der Waals surface area contributed by atoms with Gasteiger partial charge in [-0.25, -0.2) is 0 Å². The van der Waals surface area contributed by atoms with Crippen molar-refractivity contribution in [3.63, 3.8) is 0 Å². The van der Waals surface area contributed by atoms with E-state index in [1.807, 2.05) is 11.8 Å². The molecule has 2 rings (SSSR count). The molecule has 0 N–H and O–H groups in total. The Balaban J connectivity index is 2.21. The molecular weight excluding hydrogens is 292 g/mol. The number of methoxy groups -OCH3 is 1. The highest BCUT2D eigenvalue weighted by molar-refractivity contribution is 5.94. The van der Waals surface area contributed by atoms with Gasteiger partial charge in [0.2, 0.25) is 0 Å². The highest BCUT2D eigenvalue weighted by atomic mass is 16.5. The first kappa shape index (κ1) is 17.7. The van der Waals surface area contributed by atoms with Crippen LogP contribution < -0.4 is 5.56 Å². The minimum atomic E-state index is -0.104. The van der Waals surface area contributed by atoms with Crippen molar-refractivity contribution in [2.24, 2.45) is 5.92 Å². The minimum Gasteiger partial charge on any atom is -0.383 e. The molecule has 0 spiro atoms. The molecule has 0 unspecified atom stereocenters. The Morgan fingerprint density at radius 3 is 2.74 bits per heavy atom. The zero-order chi connectivity index (χ0) is 16.8. The molecule has 1 fully saturated rings. The van der Waals surface area contributed by atoms with E-state index in [0.717, 1.165) is 6.42 Å². The molecule has 1 amide bonds. The van der Waals surface area contributed by atoms with Crippen molar-refractivity contribution in [3.8, 4) is 0 Å². The lowest BCUT2D eigenvalue weighted by molar-refractivity contribution is 0.0568. The van der Waals surface area contributed by atoms with E-state index in [0.29, 0.717) is 37.2 Å². The average Bonchev–Trinajstić information content (AvgIpc) is 2.56. The zero-order valence-corrected chi connectivity index (χ0v) is 14.5. The number of pyridine rings is 1. The highest BCUT2D eigenvalue weighted by Crippen LogP contribution is 2.28. The molecule has 1 aliphatic carbocycles. The Kier molecular flexibility index (Phi) is 6.39. The van der Waals surface area contributed by atoms with Crippen molar-refractivity contribution in [2.75, 3.05) is 20.3 Å². The average molecular weight is 320 g/mol. The molecule has 0 bridgehead atoms. The fourth-order valence-electron chi connectivity index (χ4n) is 3.48. The Morgan fingerprint density at radius 2 is 2.09 bits per heavy atom. The number of aromatic nitrogens is 1. The smallest absolute Gasteiger partial charge is 0.255 e. The summed E-state index contributed by atoms with van der Waals surface area (Å²) in [5, 5.41) is 0. The second-order valence-corrected chi connectivity index (χ2v) is 6.36. The van der Waals surface area contributed by atoms with Gasteiger partial charge in [0.1, 0.15) is 0 Å². The lowest BCUT2D eigenvalue weighted by Gasteiger charge is -2.38. The summed E-state index contributed by atoms with van der Waals surface area (Å²) < 4.78 is 6.57. The summed E-state index contributed by atoms with van der Waals surface area (Å²) in [4.78, 5) is 26.8. The summed E-state index contributed by atoms with van der Waals surface area (Å²) >= 11 is 0. The van der Waals surface area contributed by atoms with Gasteiger partial charge in [0.05, 0.1) is 12.2 Å². The van der Waals surface area contributed by atoms with Crippen LogP contribution in [0.2, 0.25) is 0 Å². The number of carbonyl (C=O) groups excluding carboxylic acids is 1. The summed E-state index contributed by atoms with van der Waals surface area (Å²) in [5.41, 5.74) is 0.480. The fourth-order valence-corrected chi connectivity index (χ4v) is 3.48. The van der Waals surface area contributed by atoms with Gasteiger partial charge in [-0.05, 0) is 31.7 Å². The summed E-state index contributed by atoms with van der Waals surface area (Å²) in [6.07, 6.45) is 6.36. The maximum atomic E-state index is 12.9. The van der Waals surface area contributed by atoms with E-state index in [9.17, 15) is 9.59 Å². The van der Waals surface area contributed by atoms with Crippen molar-refractivity contribution in [3.05, 3.63) is 34.2 Å². The number of rotatable bonds is 6. The molecule has 1 aromatic rings. The second-order valence-electron chi connectivity index (χ2n) is 6.36. The maximum absolute atomic E-state index is 12.9. The van der Waals surface area contributed by atoms with Crippen LogP contribution in [0.25, 0.3) is 0 Å². The SMILES string of the molecule is CCN(C(=O)c1ccc(=O)n(CCOC)c1)[C@H]1CCCC[C@@H]1C. The normalized spacial score (nSPS) is 21.2. The molecule has 0 aromatic carbocycles. The molecule has 2 atom stereocenters. The van der Waals surface area contributed by atoms with Crippen LogP contribution in [0, 0.1) is 5.92 Å². The van der Waals surface area contributed by atoms with Crippen LogP contribution in [0.1, 0.15) is 49.9 Å². The topological polar surface area (TPSA) is 51.5 Å². The van der Waals surface area contributed by atoms with E-state index in [4.69, 9.17) is 4.74 Å². The van der Waals surface area contributed by atoms with Crippen LogP contribution in [0.15, 0.2) is 23.1 Å². The van der Waals surface area contributed by atoms with Crippen LogP contribution in [-0.2, 0) is 11.3 Å². The number of ether oxygens (including phenoxy) is 1. The van der Waals surface area contributed by atoms with Gasteiger partial charge < -0.3 is 14.2 Å². The van der Waals surface area contributed by atoms with Crippen molar-refractivity contribution >= 4 is 5.91 Å². The Morgan fingerprint density at radius 1 is 1.35 bits per heavy atom. The van der Waals surface area contributed by atoms with Crippen molar-refractivity contribution in [1.82, 2.24) is 9.47 Å². The molecule has 1 saturated carbocycles. The highest BCUT2D eigenvalue weighted by Gasteiger charge is 2.30. The van der Waals surface area contributed by atoms with E-state index in [-0.39, 0.29) is 11.5 Å². The Labute approximate surface area is 138 Å². The summed E-state index contributed by atoms with van der Waals surface area (Å²) in [6.45, 7) is 5.88. The van der Waals surface area contributed by atoms with Crippen LogP contribution in [-0.4, -0.2) is 41.7 Å². The second kappa shape index (κ2) is 8.29. The third-order valence-electron chi connectivity index (χ3n) is 4.83. The molecule has 1 aliphatic rings. The number of amides is 1. The van der Waals surface area contributed by atoms with Crippen LogP contribution in [0.3, 0.4) is 0 Å². The van der Waals surface area contributed by atoms with Crippen molar-refractivity contribution in [1.29, 1.82) is 0 Å². The number of nitrogens with zero attached hydrogens (tertiary/aromatic N) is 2. The standard InChI is InChI=1S/C18H28N2O3/c1-4-20(16-8-6-5-7-14(16)2)18(22)15-9-10-17(21)19(13-15)11-12-23-3/h9-10,13-14,16H,4-8,11-12H2,1-3H3/t14-,16-/m0/s1. The first-order valence-corrected chi connectivity index (χ1v) is 8.58.